The molecule has 0 atom stereocenters. The second-order valence-electron chi connectivity index (χ2n) is 4.80. The fourth-order valence-electron chi connectivity index (χ4n) is 2.18. The van der Waals surface area contributed by atoms with Crippen LogP contribution in [0.2, 0.25) is 0 Å². The molecule has 1 amide bonds. The highest BCUT2D eigenvalue weighted by Crippen LogP contribution is 2.10. The van der Waals surface area contributed by atoms with E-state index < -0.39 is 0 Å². The molecule has 1 heterocycles. The van der Waals surface area contributed by atoms with Crippen LogP contribution in [0.1, 0.15) is 24.8 Å². The van der Waals surface area contributed by atoms with Crippen molar-refractivity contribution in [3.63, 3.8) is 0 Å². The van der Waals surface area contributed by atoms with Crippen LogP contribution >= 0.6 is 0 Å². The summed E-state index contributed by atoms with van der Waals surface area (Å²) in [6.45, 7) is 1.35. The molecular formula is C15H19NO3. The summed E-state index contributed by atoms with van der Waals surface area (Å²) in [6, 6.07) is 9.48. The first-order valence-electron chi connectivity index (χ1n) is 6.73. The van der Waals surface area contributed by atoms with Gasteiger partial charge in [-0.1, -0.05) is 30.3 Å². The number of Topliss-reactive ketones (excluding diaryl/α,β-unsaturated/α-hetero) is 1. The molecule has 0 radical (unpaired) electrons. The number of ether oxygens (including phenoxy) is 1. The summed E-state index contributed by atoms with van der Waals surface area (Å²) < 4.78 is 5.05. The zero-order chi connectivity index (χ0) is 13.5. The molecule has 0 aromatic heterocycles. The van der Waals surface area contributed by atoms with Gasteiger partial charge in [-0.25, -0.2) is 4.79 Å². The van der Waals surface area contributed by atoms with Gasteiger partial charge < -0.3 is 9.64 Å². The zero-order valence-corrected chi connectivity index (χ0v) is 11.0. The van der Waals surface area contributed by atoms with Crippen molar-refractivity contribution in [3.8, 4) is 0 Å². The van der Waals surface area contributed by atoms with E-state index >= 15 is 0 Å². The molecule has 0 aliphatic carbocycles. The summed E-state index contributed by atoms with van der Waals surface area (Å²) in [5.41, 5.74) is 0.946. The van der Waals surface area contributed by atoms with E-state index in [1.54, 1.807) is 4.90 Å². The molecular weight excluding hydrogens is 242 g/mol. The molecule has 1 aromatic carbocycles. The van der Waals surface area contributed by atoms with Gasteiger partial charge >= 0.3 is 6.09 Å². The van der Waals surface area contributed by atoms with Crippen LogP contribution in [0.5, 0.6) is 0 Å². The fourth-order valence-corrected chi connectivity index (χ4v) is 2.18. The summed E-state index contributed by atoms with van der Waals surface area (Å²) in [5, 5.41) is 0. The number of carbonyl (C=O) groups excluding carboxylic acids is 2. The van der Waals surface area contributed by atoms with Gasteiger partial charge in [0.15, 0.2) is 12.4 Å². The Morgan fingerprint density at radius 2 is 1.74 bits per heavy atom. The molecule has 1 fully saturated rings. The Hall–Kier alpha value is -1.84. The monoisotopic (exact) mass is 261 g/mol. The molecule has 2 rings (SSSR count). The molecule has 1 aromatic rings. The molecule has 4 nitrogen and oxygen atoms in total. The smallest absolute Gasteiger partial charge is 0.410 e. The minimum Gasteiger partial charge on any atom is -0.441 e. The van der Waals surface area contributed by atoms with Crippen LogP contribution in [0.25, 0.3) is 0 Å². The van der Waals surface area contributed by atoms with Gasteiger partial charge in [0.1, 0.15) is 0 Å². The Labute approximate surface area is 113 Å². The van der Waals surface area contributed by atoms with Crippen molar-refractivity contribution in [2.24, 2.45) is 0 Å². The fraction of sp³-hybridized carbons (Fsp3) is 0.467. The van der Waals surface area contributed by atoms with Gasteiger partial charge in [-0.2, -0.15) is 0 Å². The van der Waals surface area contributed by atoms with E-state index in [1.807, 2.05) is 30.3 Å². The quantitative estimate of drug-likeness (QED) is 0.836. The highest BCUT2D eigenvalue weighted by atomic mass is 16.6. The van der Waals surface area contributed by atoms with Gasteiger partial charge in [-0.05, 0) is 24.8 Å². The van der Waals surface area contributed by atoms with E-state index in [1.165, 1.54) is 0 Å². The van der Waals surface area contributed by atoms with Crippen LogP contribution in [0.4, 0.5) is 4.79 Å². The lowest BCUT2D eigenvalue weighted by atomic mass is 10.1. The standard InChI is InChI=1S/C15H19NO3/c17-14(11-13-7-3-1-4-8-13)12-19-15(18)16-9-5-2-6-10-16/h1,3-4,7-8H,2,5-6,9-12H2. The average Bonchev–Trinajstić information content (AvgIpc) is 2.47. The first kappa shape index (κ1) is 13.6. The topological polar surface area (TPSA) is 46.6 Å². The first-order valence-corrected chi connectivity index (χ1v) is 6.73. The summed E-state index contributed by atoms with van der Waals surface area (Å²) >= 11 is 0. The average molecular weight is 261 g/mol. The van der Waals surface area contributed by atoms with Crippen LogP contribution in [-0.2, 0) is 16.0 Å². The molecule has 1 aliphatic rings. The molecule has 0 saturated carbocycles. The summed E-state index contributed by atoms with van der Waals surface area (Å²) in [6.07, 6.45) is 3.16. The highest BCUT2D eigenvalue weighted by molar-refractivity contribution is 5.84. The van der Waals surface area contributed by atoms with E-state index in [0.29, 0.717) is 6.42 Å². The number of nitrogens with zero attached hydrogens (tertiary/aromatic N) is 1. The van der Waals surface area contributed by atoms with Crippen LogP contribution in [0, 0.1) is 0 Å². The third-order valence-corrected chi connectivity index (χ3v) is 3.22. The van der Waals surface area contributed by atoms with Gasteiger partial charge in [0.2, 0.25) is 0 Å². The van der Waals surface area contributed by atoms with E-state index in [4.69, 9.17) is 4.74 Å². The predicted molar refractivity (Wildman–Crippen MR) is 71.9 cm³/mol. The van der Waals surface area contributed by atoms with E-state index in [-0.39, 0.29) is 18.5 Å². The number of piperidine rings is 1. The van der Waals surface area contributed by atoms with Crippen molar-refractivity contribution >= 4 is 11.9 Å². The summed E-state index contributed by atoms with van der Waals surface area (Å²) in [4.78, 5) is 25.1. The number of rotatable bonds is 4. The Balaban J connectivity index is 1.72. The molecule has 19 heavy (non-hydrogen) atoms. The maximum absolute atomic E-state index is 11.7. The van der Waals surface area contributed by atoms with E-state index in [2.05, 4.69) is 0 Å². The van der Waals surface area contributed by atoms with Gasteiger partial charge in [0.25, 0.3) is 0 Å². The number of benzene rings is 1. The van der Waals surface area contributed by atoms with E-state index in [9.17, 15) is 9.59 Å². The minimum absolute atomic E-state index is 0.0726. The number of likely N-dealkylation sites (tertiary alicyclic amines) is 1. The van der Waals surface area contributed by atoms with Gasteiger partial charge in [0, 0.05) is 19.5 Å². The second kappa shape index (κ2) is 6.92. The van der Waals surface area contributed by atoms with E-state index in [0.717, 1.165) is 37.9 Å². The Bertz CT molecular complexity index is 424. The van der Waals surface area contributed by atoms with Gasteiger partial charge in [-0.15, -0.1) is 0 Å². The number of hydrogen-bond donors (Lipinski definition) is 0. The number of amides is 1. The molecule has 4 heteroatoms. The number of carbonyl (C=O) groups is 2. The maximum atomic E-state index is 11.7. The molecule has 0 N–H and O–H groups in total. The third kappa shape index (κ3) is 4.39. The Morgan fingerprint density at radius 3 is 2.42 bits per heavy atom. The summed E-state index contributed by atoms with van der Waals surface area (Å²) in [7, 11) is 0. The molecule has 1 aliphatic heterocycles. The number of hydrogen-bond acceptors (Lipinski definition) is 3. The summed E-state index contributed by atoms with van der Waals surface area (Å²) in [5.74, 6) is -0.0726. The molecule has 0 spiro atoms. The van der Waals surface area contributed by atoms with Crippen molar-refractivity contribution < 1.29 is 14.3 Å². The normalized spacial score (nSPS) is 15.1. The van der Waals surface area contributed by atoms with Crippen molar-refractivity contribution in [3.05, 3.63) is 35.9 Å². The maximum Gasteiger partial charge on any atom is 0.410 e. The minimum atomic E-state index is -0.360. The Morgan fingerprint density at radius 1 is 1.05 bits per heavy atom. The third-order valence-electron chi connectivity index (χ3n) is 3.22. The van der Waals surface area contributed by atoms with Crippen molar-refractivity contribution in [1.82, 2.24) is 4.90 Å². The van der Waals surface area contributed by atoms with Crippen molar-refractivity contribution in [2.75, 3.05) is 19.7 Å². The largest absolute Gasteiger partial charge is 0.441 e. The first-order chi connectivity index (χ1) is 9.25. The van der Waals surface area contributed by atoms with Gasteiger partial charge in [-0.3, -0.25) is 4.79 Å². The predicted octanol–water partition coefficient (Wildman–Crippen LogP) is 2.42. The molecule has 1 saturated heterocycles. The molecule has 0 bridgehead atoms. The highest BCUT2D eigenvalue weighted by Gasteiger charge is 2.18. The lowest BCUT2D eigenvalue weighted by molar-refractivity contribution is -0.121. The van der Waals surface area contributed by atoms with Crippen molar-refractivity contribution in [2.45, 2.75) is 25.7 Å². The molecule has 0 unspecified atom stereocenters. The number of ketones is 1. The second-order valence-corrected chi connectivity index (χ2v) is 4.80. The lowest BCUT2D eigenvalue weighted by Gasteiger charge is -2.25. The van der Waals surface area contributed by atoms with Crippen molar-refractivity contribution in [1.29, 1.82) is 0 Å². The van der Waals surface area contributed by atoms with Crippen LogP contribution in [0.15, 0.2) is 30.3 Å². The SMILES string of the molecule is O=C(COC(=O)N1CCCCC1)Cc1ccccc1. The lowest BCUT2D eigenvalue weighted by Crippen LogP contribution is -2.37. The van der Waals surface area contributed by atoms with Crippen LogP contribution in [0.3, 0.4) is 0 Å². The van der Waals surface area contributed by atoms with Gasteiger partial charge in [0.05, 0.1) is 0 Å². The van der Waals surface area contributed by atoms with Crippen LogP contribution in [-0.4, -0.2) is 36.5 Å². The Kier molecular flexibility index (Phi) is 4.95. The van der Waals surface area contributed by atoms with Crippen LogP contribution < -0.4 is 0 Å². The molecule has 102 valence electrons. The zero-order valence-electron chi connectivity index (χ0n) is 11.0.